The van der Waals surface area contributed by atoms with Gasteiger partial charge in [0, 0.05) is 22.7 Å². The number of hydrazone groups is 1. The first-order valence-electron chi connectivity index (χ1n) is 8.50. The standard InChI is InChI=1S/C20H22N4O2/c1-3-14-7-6-8-16-15(11-22-20(14)16)12-23-24-19(25)13-21-17-9-4-5-10-18(17)26-2/h4-12,21-22H,3,13H2,1-2H3,(H,24,25)/b23-12+. The normalized spacial score (nSPS) is 11.0. The number of H-pyrrole nitrogens is 1. The number of nitrogens with zero attached hydrogens (tertiary/aromatic N) is 1. The zero-order valence-corrected chi connectivity index (χ0v) is 14.9. The van der Waals surface area contributed by atoms with Crippen molar-refractivity contribution < 1.29 is 9.53 Å². The Morgan fingerprint density at radius 1 is 1.23 bits per heavy atom. The van der Waals surface area contributed by atoms with Gasteiger partial charge in [-0.25, -0.2) is 5.43 Å². The Bertz CT molecular complexity index is 930. The molecule has 3 aromatic rings. The molecule has 6 heteroatoms. The van der Waals surface area contributed by atoms with Gasteiger partial charge in [0.25, 0.3) is 5.91 Å². The molecular formula is C20H22N4O2. The number of aryl methyl sites for hydroxylation is 1. The maximum atomic E-state index is 12.0. The zero-order chi connectivity index (χ0) is 18.4. The molecule has 3 rings (SSSR count). The molecule has 134 valence electrons. The zero-order valence-electron chi connectivity index (χ0n) is 14.9. The summed E-state index contributed by atoms with van der Waals surface area (Å²) in [5.41, 5.74) is 6.60. The maximum absolute atomic E-state index is 12.0. The summed E-state index contributed by atoms with van der Waals surface area (Å²) >= 11 is 0. The fourth-order valence-electron chi connectivity index (χ4n) is 2.82. The van der Waals surface area contributed by atoms with E-state index in [0.29, 0.717) is 5.75 Å². The van der Waals surface area contributed by atoms with Gasteiger partial charge in [-0.1, -0.05) is 37.3 Å². The molecule has 0 aliphatic carbocycles. The van der Waals surface area contributed by atoms with Crippen LogP contribution in [0.4, 0.5) is 5.69 Å². The number of fused-ring (bicyclic) bond motifs is 1. The SMILES string of the molecule is CCc1cccc2c(/C=N/NC(=O)CNc3ccccc3OC)c[nH]c12. The van der Waals surface area contributed by atoms with Crippen LogP contribution < -0.4 is 15.5 Å². The second kappa shape index (κ2) is 8.20. The van der Waals surface area contributed by atoms with E-state index in [9.17, 15) is 4.79 Å². The number of hydrogen-bond donors (Lipinski definition) is 3. The third-order valence-corrected chi connectivity index (χ3v) is 4.15. The van der Waals surface area contributed by atoms with E-state index < -0.39 is 0 Å². The van der Waals surface area contributed by atoms with Gasteiger partial charge in [0.05, 0.1) is 25.6 Å². The van der Waals surface area contributed by atoms with Crippen molar-refractivity contribution in [2.75, 3.05) is 19.0 Å². The number of benzene rings is 2. The molecule has 0 saturated heterocycles. The van der Waals surface area contributed by atoms with Crippen molar-refractivity contribution >= 4 is 28.7 Å². The molecule has 1 aromatic heterocycles. The lowest BCUT2D eigenvalue weighted by atomic mass is 10.1. The van der Waals surface area contributed by atoms with Crippen LogP contribution in [0, 0.1) is 0 Å². The van der Waals surface area contributed by atoms with E-state index in [1.165, 1.54) is 5.56 Å². The van der Waals surface area contributed by atoms with Gasteiger partial charge in [-0.2, -0.15) is 5.10 Å². The molecule has 0 bridgehead atoms. The van der Waals surface area contributed by atoms with Gasteiger partial charge in [-0.3, -0.25) is 4.79 Å². The van der Waals surface area contributed by atoms with Crippen molar-refractivity contribution in [1.29, 1.82) is 0 Å². The highest BCUT2D eigenvalue weighted by Gasteiger charge is 2.06. The molecule has 0 atom stereocenters. The van der Waals surface area contributed by atoms with Gasteiger partial charge < -0.3 is 15.0 Å². The van der Waals surface area contributed by atoms with Gasteiger partial charge in [-0.15, -0.1) is 0 Å². The molecule has 0 unspecified atom stereocenters. The first-order chi connectivity index (χ1) is 12.7. The quantitative estimate of drug-likeness (QED) is 0.452. The van der Waals surface area contributed by atoms with E-state index in [-0.39, 0.29) is 12.5 Å². The molecule has 1 heterocycles. The van der Waals surface area contributed by atoms with Crippen LogP contribution in [0.15, 0.2) is 53.8 Å². The Labute approximate surface area is 152 Å². The second-order valence-electron chi connectivity index (χ2n) is 5.78. The summed E-state index contributed by atoms with van der Waals surface area (Å²) in [6.45, 7) is 2.23. The van der Waals surface area contributed by atoms with Crippen molar-refractivity contribution in [3.63, 3.8) is 0 Å². The van der Waals surface area contributed by atoms with Gasteiger partial charge in [-0.05, 0) is 24.1 Å². The number of hydrogen-bond acceptors (Lipinski definition) is 4. The number of ether oxygens (including phenoxy) is 1. The lowest BCUT2D eigenvalue weighted by Crippen LogP contribution is -2.26. The predicted molar refractivity (Wildman–Crippen MR) is 105 cm³/mol. The van der Waals surface area contributed by atoms with Crippen molar-refractivity contribution in [3.05, 3.63) is 59.8 Å². The fourth-order valence-corrected chi connectivity index (χ4v) is 2.82. The van der Waals surface area contributed by atoms with Crippen molar-refractivity contribution in [2.45, 2.75) is 13.3 Å². The Morgan fingerprint density at radius 2 is 2.08 bits per heavy atom. The molecule has 3 N–H and O–H groups in total. The molecule has 0 aliphatic heterocycles. The molecule has 6 nitrogen and oxygen atoms in total. The van der Waals surface area contributed by atoms with Gasteiger partial charge in [0.2, 0.25) is 0 Å². The summed E-state index contributed by atoms with van der Waals surface area (Å²) in [6, 6.07) is 13.6. The number of carbonyl (C=O) groups is 1. The number of carbonyl (C=O) groups excluding carboxylic acids is 1. The van der Waals surface area contributed by atoms with E-state index in [1.807, 2.05) is 42.6 Å². The third kappa shape index (κ3) is 3.85. The van der Waals surface area contributed by atoms with Crippen LogP contribution in [0.3, 0.4) is 0 Å². The van der Waals surface area contributed by atoms with Crippen molar-refractivity contribution in [1.82, 2.24) is 10.4 Å². The summed E-state index contributed by atoms with van der Waals surface area (Å²) < 4.78 is 5.24. The molecule has 0 saturated carbocycles. The number of aromatic amines is 1. The largest absolute Gasteiger partial charge is 0.495 e. The Hall–Kier alpha value is -3.28. The number of rotatable bonds is 7. The van der Waals surface area contributed by atoms with Crippen LogP contribution in [0.1, 0.15) is 18.1 Å². The van der Waals surface area contributed by atoms with E-state index >= 15 is 0 Å². The Kier molecular flexibility index (Phi) is 5.53. The number of anilines is 1. The first kappa shape index (κ1) is 17.5. The van der Waals surface area contributed by atoms with Gasteiger partial charge >= 0.3 is 0 Å². The molecular weight excluding hydrogens is 328 g/mol. The Morgan fingerprint density at radius 3 is 2.88 bits per heavy atom. The molecule has 1 amide bonds. The van der Waals surface area contributed by atoms with Crippen LogP contribution in [0.2, 0.25) is 0 Å². The van der Waals surface area contributed by atoms with E-state index in [4.69, 9.17) is 4.74 Å². The fraction of sp³-hybridized carbons (Fsp3) is 0.200. The minimum Gasteiger partial charge on any atom is -0.495 e. The van der Waals surface area contributed by atoms with E-state index in [1.54, 1.807) is 13.3 Å². The molecule has 0 fully saturated rings. The molecule has 0 radical (unpaired) electrons. The topological polar surface area (TPSA) is 78.5 Å². The Balaban J connectivity index is 1.59. The minimum atomic E-state index is -0.235. The number of para-hydroxylation sites is 3. The number of nitrogens with one attached hydrogen (secondary N) is 3. The molecule has 0 aliphatic rings. The van der Waals surface area contributed by atoms with Crippen LogP contribution in [0.25, 0.3) is 10.9 Å². The van der Waals surface area contributed by atoms with Crippen LogP contribution in [-0.2, 0) is 11.2 Å². The first-order valence-corrected chi connectivity index (χ1v) is 8.50. The summed E-state index contributed by atoms with van der Waals surface area (Å²) in [5.74, 6) is 0.454. The number of aromatic nitrogens is 1. The molecule has 0 spiro atoms. The second-order valence-corrected chi connectivity index (χ2v) is 5.78. The highest BCUT2D eigenvalue weighted by Crippen LogP contribution is 2.22. The van der Waals surface area contributed by atoms with Crippen molar-refractivity contribution in [3.8, 4) is 5.75 Å². The van der Waals surface area contributed by atoms with Crippen molar-refractivity contribution in [2.24, 2.45) is 5.10 Å². The lowest BCUT2D eigenvalue weighted by Gasteiger charge is -2.09. The molecule has 26 heavy (non-hydrogen) atoms. The average molecular weight is 350 g/mol. The number of amides is 1. The summed E-state index contributed by atoms with van der Waals surface area (Å²) in [5, 5.41) is 8.19. The van der Waals surface area contributed by atoms with E-state index in [0.717, 1.165) is 28.6 Å². The lowest BCUT2D eigenvalue weighted by molar-refractivity contribution is -0.119. The smallest absolute Gasteiger partial charge is 0.259 e. The number of methoxy groups -OCH3 is 1. The summed E-state index contributed by atoms with van der Waals surface area (Å²) in [7, 11) is 1.59. The monoisotopic (exact) mass is 350 g/mol. The minimum absolute atomic E-state index is 0.103. The van der Waals surface area contributed by atoms with Gasteiger partial charge in [0.1, 0.15) is 5.75 Å². The van der Waals surface area contributed by atoms with Gasteiger partial charge in [0.15, 0.2) is 0 Å². The van der Waals surface area contributed by atoms with Crippen LogP contribution in [-0.4, -0.2) is 30.8 Å². The van der Waals surface area contributed by atoms with Crippen LogP contribution in [0.5, 0.6) is 5.75 Å². The predicted octanol–water partition coefficient (Wildman–Crippen LogP) is 3.30. The van der Waals surface area contributed by atoms with Crippen LogP contribution >= 0.6 is 0 Å². The highest BCUT2D eigenvalue weighted by atomic mass is 16.5. The average Bonchev–Trinajstić information content (AvgIpc) is 3.10. The molecule has 2 aromatic carbocycles. The summed E-state index contributed by atoms with van der Waals surface area (Å²) in [6.07, 6.45) is 4.51. The maximum Gasteiger partial charge on any atom is 0.259 e. The third-order valence-electron chi connectivity index (χ3n) is 4.15. The highest BCUT2D eigenvalue weighted by molar-refractivity contribution is 6.00. The van der Waals surface area contributed by atoms with E-state index in [2.05, 4.69) is 33.8 Å². The summed E-state index contributed by atoms with van der Waals surface area (Å²) in [4.78, 5) is 15.2.